The minimum atomic E-state index is -3.68. The molecule has 3 rings (SSSR count). The average Bonchev–Trinajstić information content (AvgIpc) is 2.84. The number of halogens is 2. The van der Waals surface area contributed by atoms with Gasteiger partial charge in [-0.2, -0.15) is 4.31 Å². The van der Waals surface area contributed by atoms with Gasteiger partial charge in [0.05, 0.1) is 7.11 Å². The summed E-state index contributed by atoms with van der Waals surface area (Å²) in [7, 11) is -2.60. The predicted molar refractivity (Wildman–Crippen MR) is 123 cm³/mol. The number of ether oxygens (including phenoxy) is 1. The summed E-state index contributed by atoms with van der Waals surface area (Å²) in [5.74, 6) is -3.81. The lowest BCUT2D eigenvalue weighted by Gasteiger charge is -2.33. The van der Waals surface area contributed by atoms with Gasteiger partial charge in [0, 0.05) is 30.0 Å². The largest absolute Gasteiger partial charge is 0.467 e. The second-order valence-corrected chi connectivity index (χ2v) is 9.98. The number of methoxy groups -OCH3 is 1. The highest BCUT2D eigenvalue weighted by Crippen LogP contribution is 2.28. The third-order valence-corrected chi connectivity index (χ3v) is 7.42. The topological polar surface area (TPSA) is 92.8 Å². The van der Waals surface area contributed by atoms with E-state index in [1.54, 1.807) is 24.3 Å². The van der Waals surface area contributed by atoms with E-state index < -0.39 is 45.0 Å². The number of sulfonamides is 1. The maximum absolute atomic E-state index is 14.4. The van der Waals surface area contributed by atoms with E-state index in [0.717, 1.165) is 36.3 Å². The number of amides is 1. The molecule has 2 aromatic rings. The molecule has 0 radical (unpaired) electrons. The first-order chi connectivity index (χ1) is 16.1. The van der Waals surface area contributed by atoms with Gasteiger partial charge in [-0.15, -0.1) is 0 Å². The van der Waals surface area contributed by atoms with E-state index in [2.05, 4.69) is 5.32 Å². The van der Waals surface area contributed by atoms with Crippen LogP contribution in [0.15, 0.2) is 53.9 Å². The van der Waals surface area contributed by atoms with Crippen LogP contribution < -0.4 is 5.32 Å². The molecule has 1 fully saturated rings. The van der Waals surface area contributed by atoms with Crippen LogP contribution >= 0.6 is 0 Å². The van der Waals surface area contributed by atoms with Gasteiger partial charge in [0.2, 0.25) is 15.9 Å². The summed E-state index contributed by atoms with van der Waals surface area (Å²) in [5, 5.41) is 3.63. The number of esters is 1. The number of nitrogens with zero attached hydrogens (tertiary/aromatic N) is 1. The summed E-state index contributed by atoms with van der Waals surface area (Å²) in [6.07, 6.45) is 1.91. The Kier molecular flexibility index (Phi) is 7.83. The number of hydrogen-bond acceptors (Lipinski definition) is 5. The summed E-state index contributed by atoms with van der Waals surface area (Å²) in [6, 6.07) is 11.6. The van der Waals surface area contributed by atoms with Crippen LogP contribution in [0.4, 0.5) is 8.78 Å². The highest BCUT2D eigenvalue weighted by molar-refractivity contribution is 7.92. The third kappa shape index (κ3) is 5.68. The van der Waals surface area contributed by atoms with Gasteiger partial charge >= 0.3 is 5.97 Å². The molecule has 0 aromatic heterocycles. The maximum atomic E-state index is 14.4. The molecule has 0 saturated carbocycles. The summed E-state index contributed by atoms with van der Waals surface area (Å²) in [4.78, 5) is 25.4. The molecule has 0 aliphatic carbocycles. The van der Waals surface area contributed by atoms with Crippen LogP contribution in [0.2, 0.25) is 0 Å². The fraction of sp³-hybridized carbons (Fsp3) is 0.333. The van der Waals surface area contributed by atoms with Crippen molar-refractivity contribution in [3.63, 3.8) is 0 Å². The summed E-state index contributed by atoms with van der Waals surface area (Å²) in [5.41, 5.74) is -1.58. The molecular formula is C24H26F2N2O5S. The van der Waals surface area contributed by atoms with Crippen molar-refractivity contribution in [3.8, 4) is 0 Å². The molecule has 1 unspecified atom stereocenters. The monoisotopic (exact) mass is 492 g/mol. The van der Waals surface area contributed by atoms with Gasteiger partial charge in [0.15, 0.2) is 5.54 Å². The SMILES string of the molecule is COC(=O)C(C)(NC(=O)C1CCN(S(=O)(=O)/C=C/c2ccccc2)CC1)c1cc(F)ccc1F. The summed E-state index contributed by atoms with van der Waals surface area (Å²) >= 11 is 0. The minimum absolute atomic E-state index is 0.100. The number of benzene rings is 2. The fourth-order valence-corrected chi connectivity index (χ4v) is 5.07. The van der Waals surface area contributed by atoms with E-state index in [1.165, 1.54) is 17.3 Å². The zero-order chi connectivity index (χ0) is 24.9. The van der Waals surface area contributed by atoms with Crippen molar-refractivity contribution < 1.29 is 31.5 Å². The summed E-state index contributed by atoms with van der Waals surface area (Å²) < 4.78 is 59.5. The molecule has 7 nitrogen and oxygen atoms in total. The molecule has 1 atom stereocenters. The quantitative estimate of drug-likeness (QED) is 0.600. The Labute approximate surface area is 197 Å². The van der Waals surface area contributed by atoms with Crippen molar-refractivity contribution in [3.05, 3.63) is 76.7 Å². The molecule has 1 saturated heterocycles. The highest BCUT2D eigenvalue weighted by atomic mass is 32.2. The number of carbonyl (C=O) groups excluding carboxylic acids is 2. The molecule has 10 heteroatoms. The van der Waals surface area contributed by atoms with Gasteiger partial charge in [-0.3, -0.25) is 4.79 Å². The number of carbonyl (C=O) groups is 2. The fourth-order valence-electron chi connectivity index (χ4n) is 3.85. The standard InChI is InChI=1S/C24H26F2N2O5S/c1-24(23(30)33-2,20-16-19(25)8-9-21(20)26)27-22(29)18-10-13-28(14-11-18)34(31,32)15-12-17-6-4-3-5-7-17/h3-9,12,15-16,18H,10-11,13-14H2,1-2H3,(H,27,29)/b15-12+. The van der Waals surface area contributed by atoms with E-state index >= 15 is 0 Å². The minimum Gasteiger partial charge on any atom is -0.467 e. The molecule has 2 aromatic carbocycles. The zero-order valence-corrected chi connectivity index (χ0v) is 19.6. The lowest BCUT2D eigenvalue weighted by Crippen LogP contribution is -2.53. The van der Waals surface area contributed by atoms with Crippen molar-refractivity contribution in [2.75, 3.05) is 20.2 Å². The second kappa shape index (κ2) is 10.4. The van der Waals surface area contributed by atoms with Crippen LogP contribution in [-0.2, 0) is 29.9 Å². The molecule has 1 heterocycles. The molecular weight excluding hydrogens is 466 g/mol. The lowest BCUT2D eigenvalue weighted by atomic mass is 9.89. The van der Waals surface area contributed by atoms with Gasteiger partial charge in [-0.1, -0.05) is 30.3 Å². The first-order valence-corrected chi connectivity index (χ1v) is 12.2. The van der Waals surface area contributed by atoms with E-state index in [9.17, 15) is 26.8 Å². The van der Waals surface area contributed by atoms with Gasteiger partial charge in [-0.05, 0) is 49.6 Å². The van der Waals surface area contributed by atoms with Crippen LogP contribution in [0, 0.1) is 17.6 Å². The van der Waals surface area contributed by atoms with Crippen LogP contribution in [0.1, 0.15) is 30.9 Å². The number of hydrogen-bond donors (Lipinski definition) is 1. The van der Waals surface area contributed by atoms with Crippen LogP contribution in [0.25, 0.3) is 6.08 Å². The first kappa shape index (κ1) is 25.5. The average molecular weight is 493 g/mol. The highest BCUT2D eigenvalue weighted by Gasteiger charge is 2.42. The predicted octanol–water partition coefficient (Wildman–Crippen LogP) is 3.18. The molecule has 182 valence electrons. The number of nitrogens with one attached hydrogen (secondary N) is 1. The molecule has 1 amide bonds. The Hall–Kier alpha value is -3.11. The van der Waals surface area contributed by atoms with E-state index in [1.807, 2.05) is 6.07 Å². The van der Waals surface area contributed by atoms with Crippen LogP contribution in [-0.4, -0.2) is 44.8 Å². The Morgan fingerprint density at radius 2 is 1.76 bits per heavy atom. The maximum Gasteiger partial charge on any atom is 0.336 e. The Morgan fingerprint density at radius 1 is 1.12 bits per heavy atom. The van der Waals surface area contributed by atoms with Crippen molar-refractivity contribution in [1.29, 1.82) is 0 Å². The molecule has 34 heavy (non-hydrogen) atoms. The first-order valence-electron chi connectivity index (χ1n) is 10.7. The molecule has 0 spiro atoms. The number of piperidine rings is 1. The number of rotatable bonds is 7. The molecule has 1 aliphatic rings. The normalized spacial score (nSPS) is 17.3. The Balaban J connectivity index is 1.70. The Bertz CT molecular complexity index is 1180. The van der Waals surface area contributed by atoms with Crippen LogP contribution in [0.3, 0.4) is 0 Å². The Morgan fingerprint density at radius 3 is 2.38 bits per heavy atom. The van der Waals surface area contributed by atoms with Gasteiger partial charge in [0.1, 0.15) is 11.6 Å². The van der Waals surface area contributed by atoms with E-state index in [0.29, 0.717) is 0 Å². The third-order valence-electron chi connectivity index (χ3n) is 5.85. The van der Waals surface area contributed by atoms with Crippen LogP contribution in [0.5, 0.6) is 0 Å². The molecule has 1 aliphatic heterocycles. The van der Waals surface area contributed by atoms with Crippen molar-refractivity contribution in [2.45, 2.75) is 25.3 Å². The second-order valence-electron chi connectivity index (χ2n) is 8.16. The smallest absolute Gasteiger partial charge is 0.336 e. The summed E-state index contributed by atoms with van der Waals surface area (Å²) in [6.45, 7) is 1.44. The van der Waals surface area contributed by atoms with E-state index in [-0.39, 0.29) is 31.5 Å². The van der Waals surface area contributed by atoms with Gasteiger partial charge in [0.25, 0.3) is 0 Å². The van der Waals surface area contributed by atoms with Crippen molar-refractivity contribution >= 4 is 28.0 Å². The van der Waals surface area contributed by atoms with Crippen molar-refractivity contribution in [2.24, 2.45) is 5.92 Å². The van der Waals surface area contributed by atoms with Gasteiger partial charge in [-0.25, -0.2) is 22.0 Å². The zero-order valence-electron chi connectivity index (χ0n) is 18.8. The lowest BCUT2D eigenvalue weighted by molar-refractivity contribution is -0.151. The molecule has 1 N–H and O–H groups in total. The van der Waals surface area contributed by atoms with E-state index in [4.69, 9.17) is 4.74 Å². The van der Waals surface area contributed by atoms with Gasteiger partial charge < -0.3 is 10.1 Å². The van der Waals surface area contributed by atoms with Crippen molar-refractivity contribution in [1.82, 2.24) is 9.62 Å². The molecule has 0 bridgehead atoms.